The molecule has 0 aliphatic carbocycles. The summed E-state index contributed by atoms with van der Waals surface area (Å²) in [5, 5.41) is 7.12. The maximum atomic E-state index is 11.5. The van der Waals surface area contributed by atoms with Crippen LogP contribution in [0.4, 0.5) is 26.3 Å². The fourth-order valence-electron chi connectivity index (χ4n) is 0.336. The number of alkyl halides is 6. The number of carbonyl (C=O) groups is 2. The maximum Gasteiger partial charge on any atom is 0.490 e. The molecule has 108 valence electrons. The van der Waals surface area contributed by atoms with Crippen molar-refractivity contribution in [3.63, 3.8) is 0 Å². The number of ether oxygens (including phenoxy) is 1. The first-order valence-electron chi connectivity index (χ1n) is 4.17. The van der Waals surface area contributed by atoms with E-state index in [0.29, 0.717) is 0 Å². The lowest BCUT2D eigenvalue weighted by Crippen LogP contribution is -2.33. The summed E-state index contributed by atoms with van der Waals surface area (Å²) in [6.07, 6.45) is -9.98. The van der Waals surface area contributed by atoms with Crippen LogP contribution in [0.3, 0.4) is 0 Å². The molecule has 10 heteroatoms. The second-order valence-corrected chi connectivity index (χ2v) is 3.80. The van der Waals surface area contributed by atoms with E-state index in [0.717, 1.165) is 0 Å². The van der Waals surface area contributed by atoms with Crippen molar-refractivity contribution in [2.75, 3.05) is 0 Å². The summed E-state index contributed by atoms with van der Waals surface area (Å²) in [5.74, 6) is -4.91. The van der Waals surface area contributed by atoms with Crippen molar-refractivity contribution in [3.8, 4) is 0 Å². The standard InChI is InChI=1S/C6H9F3O2.C2HF3O2/c1-5(2,3)11-4(10)6(7,8)9;3-2(4,5)1(6)7/h1-3H3;(H,6,7). The molecule has 0 atom stereocenters. The molecule has 0 saturated carbocycles. The van der Waals surface area contributed by atoms with Gasteiger partial charge in [0.2, 0.25) is 0 Å². The lowest BCUT2D eigenvalue weighted by molar-refractivity contribution is -0.210. The summed E-state index contributed by atoms with van der Waals surface area (Å²) in [6.45, 7) is 4.12. The van der Waals surface area contributed by atoms with Crippen LogP contribution in [0.5, 0.6) is 0 Å². The van der Waals surface area contributed by atoms with Gasteiger partial charge in [0.05, 0.1) is 0 Å². The number of esters is 1. The first-order valence-corrected chi connectivity index (χ1v) is 4.17. The van der Waals surface area contributed by atoms with E-state index < -0.39 is 29.9 Å². The highest BCUT2D eigenvalue weighted by molar-refractivity contribution is 5.76. The van der Waals surface area contributed by atoms with E-state index in [-0.39, 0.29) is 0 Å². The molecule has 1 N–H and O–H groups in total. The van der Waals surface area contributed by atoms with E-state index in [4.69, 9.17) is 9.90 Å². The van der Waals surface area contributed by atoms with Gasteiger partial charge < -0.3 is 9.84 Å². The fraction of sp³-hybridized carbons (Fsp3) is 0.750. The third-order valence-electron chi connectivity index (χ3n) is 0.873. The lowest BCUT2D eigenvalue weighted by atomic mass is 10.2. The topological polar surface area (TPSA) is 63.6 Å². The smallest absolute Gasteiger partial charge is 0.475 e. The number of hydrogen-bond donors (Lipinski definition) is 1. The summed E-state index contributed by atoms with van der Waals surface area (Å²) in [4.78, 5) is 19.0. The quantitative estimate of drug-likeness (QED) is 0.548. The van der Waals surface area contributed by atoms with Gasteiger partial charge in [-0.15, -0.1) is 0 Å². The summed E-state index contributed by atoms with van der Waals surface area (Å²) < 4.78 is 70.3. The second kappa shape index (κ2) is 5.91. The van der Waals surface area contributed by atoms with Crippen LogP contribution in [0.25, 0.3) is 0 Å². The van der Waals surface area contributed by atoms with Crippen LogP contribution in [-0.2, 0) is 14.3 Å². The summed E-state index contributed by atoms with van der Waals surface area (Å²) in [7, 11) is 0. The van der Waals surface area contributed by atoms with Gasteiger partial charge in [0, 0.05) is 0 Å². The van der Waals surface area contributed by atoms with Crippen LogP contribution in [0.1, 0.15) is 20.8 Å². The Bertz CT molecular complexity index is 298. The molecule has 0 aromatic rings. The van der Waals surface area contributed by atoms with Crippen molar-refractivity contribution >= 4 is 11.9 Å². The van der Waals surface area contributed by atoms with E-state index in [1.807, 2.05) is 0 Å². The molecule has 0 heterocycles. The second-order valence-electron chi connectivity index (χ2n) is 3.80. The molecular formula is C8H10F6O4. The highest BCUT2D eigenvalue weighted by Gasteiger charge is 2.42. The van der Waals surface area contributed by atoms with Crippen LogP contribution < -0.4 is 0 Å². The van der Waals surface area contributed by atoms with Gasteiger partial charge in [0.1, 0.15) is 5.60 Å². The highest BCUT2D eigenvalue weighted by atomic mass is 19.4. The molecule has 0 unspecified atom stereocenters. The van der Waals surface area contributed by atoms with Crippen LogP contribution in [0, 0.1) is 0 Å². The number of carboxylic acids is 1. The van der Waals surface area contributed by atoms with Crippen molar-refractivity contribution in [2.24, 2.45) is 0 Å². The molecule has 0 aromatic heterocycles. The van der Waals surface area contributed by atoms with Gasteiger partial charge in [-0.05, 0) is 20.8 Å². The van der Waals surface area contributed by atoms with E-state index in [9.17, 15) is 31.1 Å². The van der Waals surface area contributed by atoms with Crippen molar-refractivity contribution in [2.45, 2.75) is 38.7 Å². The molecule has 4 nitrogen and oxygen atoms in total. The SMILES string of the molecule is CC(C)(C)OC(=O)C(F)(F)F.O=C(O)C(F)(F)F. The number of carboxylic acid groups (broad SMARTS) is 1. The Balaban J connectivity index is 0. The van der Waals surface area contributed by atoms with Gasteiger partial charge >= 0.3 is 24.3 Å². The summed E-state index contributed by atoms with van der Waals surface area (Å²) in [6, 6.07) is 0. The maximum absolute atomic E-state index is 11.5. The van der Waals surface area contributed by atoms with Crippen molar-refractivity contribution < 1.29 is 45.8 Å². The zero-order valence-electron chi connectivity index (χ0n) is 9.44. The Morgan fingerprint density at radius 2 is 1.17 bits per heavy atom. The largest absolute Gasteiger partial charge is 0.490 e. The number of carbonyl (C=O) groups excluding carboxylic acids is 1. The highest BCUT2D eigenvalue weighted by Crippen LogP contribution is 2.20. The van der Waals surface area contributed by atoms with E-state index in [2.05, 4.69) is 4.74 Å². The zero-order chi connectivity index (χ0) is 15.4. The predicted molar refractivity (Wildman–Crippen MR) is 45.6 cm³/mol. The van der Waals surface area contributed by atoms with Crippen molar-refractivity contribution in [1.82, 2.24) is 0 Å². The Hall–Kier alpha value is -1.48. The van der Waals surface area contributed by atoms with Crippen LogP contribution in [-0.4, -0.2) is 35.0 Å². The lowest BCUT2D eigenvalue weighted by Gasteiger charge is -2.19. The first kappa shape index (κ1) is 18.9. The Morgan fingerprint density at radius 3 is 1.22 bits per heavy atom. The van der Waals surface area contributed by atoms with Crippen LogP contribution >= 0.6 is 0 Å². The fourth-order valence-corrected chi connectivity index (χ4v) is 0.336. The Labute approximate surface area is 97.5 Å². The number of halogens is 6. The molecule has 0 aromatic carbocycles. The predicted octanol–water partition coefficient (Wildman–Crippen LogP) is 2.52. The third-order valence-corrected chi connectivity index (χ3v) is 0.873. The molecule has 0 bridgehead atoms. The molecular weight excluding hydrogens is 274 g/mol. The van der Waals surface area contributed by atoms with Gasteiger partial charge in [-0.1, -0.05) is 0 Å². The van der Waals surface area contributed by atoms with Gasteiger partial charge in [-0.2, -0.15) is 26.3 Å². The van der Waals surface area contributed by atoms with Gasteiger partial charge in [0.25, 0.3) is 0 Å². The monoisotopic (exact) mass is 284 g/mol. The molecule has 0 amide bonds. The van der Waals surface area contributed by atoms with Crippen LogP contribution in [0.2, 0.25) is 0 Å². The number of rotatable bonds is 0. The molecule has 0 rings (SSSR count). The van der Waals surface area contributed by atoms with Crippen LogP contribution in [0.15, 0.2) is 0 Å². The minimum Gasteiger partial charge on any atom is -0.475 e. The van der Waals surface area contributed by atoms with E-state index in [1.165, 1.54) is 20.8 Å². The molecule has 18 heavy (non-hydrogen) atoms. The molecule has 0 aliphatic heterocycles. The number of aliphatic carboxylic acids is 1. The Morgan fingerprint density at radius 1 is 0.889 bits per heavy atom. The zero-order valence-corrected chi connectivity index (χ0v) is 9.44. The molecule has 0 aliphatic rings. The summed E-state index contributed by atoms with van der Waals surface area (Å²) >= 11 is 0. The minimum atomic E-state index is -5.08. The molecule has 0 spiro atoms. The first-order chi connectivity index (χ1) is 7.57. The molecule has 0 saturated heterocycles. The molecule has 0 radical (unpaired) electrons. The average Bonchev–Trinajstić information content (AvgIpc) is 1.97. The number of hydrogen-bond acceptors (Lipinski definition) is 3. The molecule has 0 fully saturated rings. The van der Waals surface area contributed by atoms with Crippen molar-refractivity contribution in [1.29, 1.82) is 0 Å². The summed E-state index contributed by atoms with van der Waals surface area (Å²) in [5.41, 5.74) is -1.09. The Kier molecular flexibility index (Phi) is 6.20. The van der Waals surface area contributed by atoms with E-state index in [1.54, 1.807) is 0 Å². The third kappa shape index (κ3) is 11.0. The average molecular weight is 284 g/mol. The van der Waals surface area contributed by atoms with E-state index >= 15 is 0 Å². The normalized spacial score (nSPS) is 12.3. The van der Waals surface area contributed by atoms with Gasteiger partial charge in [0.15, 0.2) is 0 Å². The van der Waals surface area contributed by atoms with Gasteiger partial charge in [-0.25, -0.2) is 9.59 Å². The van der Waals surface area contributed by atoms with Gasteiger partial charge in [-0.3, -0.25) is 0 Å². The van der Waals surface area contributed by atoms with Crippen molar-refractivity contribution in [3.05, 3.63) is 0 Å². The minimum absolute atomic E-state index is 1.09.